The summed E-state index contributed by atoms with van der Waals surface area (Å²) in [5, 5.41) is 9.89. The summed E-state index contributed by atoms with van der Waals surface area (Å²) in [4.78, 5) is 20.8. The predicted octanol–water partition coefficient (Wildman–Crippen LogP) is 3.73. The molecule has 0 spiro atoms. The van der Waals surface area contributed by atoms with Gasteiger partial charge in [-0.1, -0.05) is 28.9 Å². The predicted molar refractivity (Wildman–Crippen MR) is 90.7 cm³/mol. The lowest BCUT2D eigenvalue weighted by atomic mass is 10.3. The molecule has 2 N–H and O–H groups in total. The number of nitrogens with zero attached hydrogens (tertiary/aromatic N) is 3. The maximum Gasteiger partial charge on any atom is 0.274 e. The zero-order chi connectivity index (χ0) is 17.1. The second kappa shape index (κ2) is 6.67. The van der Waals surface area contributed by atoms with Gasteiger partial charge in [-0.05, 0) is 32.0 Å². The molecule has 0 aliphatic rings. The van der Waals surface area contributed by atoms with Gasteiger partial charge in [-0.15, -0.1) is 0 Å². The summed E-state index contributed by atoms with van der Waals surface area (Å²) < 4.78 is 4.97. The van der Waals surface area contributed by atoms with Gasteiger partial charge in [0.15, 0.2) is 5.82 Å². The van der Waals surface area contributed by atoms with E-state index in [1.807, 2.05) is 0 Å². The van der Waals surface area contributed by atoms with E-state index in [1.165, 1.54) is 0 Å². The Hall–Kier alpha value is -2.93. The topological polar surface area (TPSA) is 92.9 Å². The smallest absolute Gasteiger partial charge is 0.274 e. The number of anilines is 3. The Balaban J connectivity index is 1.82. The first-order valence-electron chi connectivity index (χ1n) is 7.13. The van der Waals surface area contributed by atoms with Crippen molar-refractivity contribution >= 4 is 35.0 Å². The molecule has 0 fully saturated rings. The van der Waals surface area contributed by atoms with Crippen molar-refractivity contribution in [2.75, 3.05) is 10.6 Å². The first-order chi connectivity index (χ1) is 11.5. The highest BCUT2D eigenvalue weighted by molar-refractivity contribution is 6.33. The van der Waals surface area contributed by atoms with Crippen molar-refractivity contribution in [3.05, 3.63) is 58.6 Å². The number of carbonyl (C=O) groups excluding carboxylic acids is 1. The van der Waals surface area contributed by atoms with Crippen LogP contribution in [-0.2, 0) is 0 Å². The lowest BCUT2D eigenvalue weighted by Gasteiger charge is -2.08. The fraction of sp³-hybridized carbons (Fsp3) is 0.125. The van der Waals surface area contributed by atoms with Crippen molar-refractivity contribution in [1.82, 2.24) is 15.1 Å². The molecule has 0 aliphatic carbocycles. The lowest BCUT2D eigenvalue weighted by molar-refractivity contribution is 0.102. The molecular weight excluding hydrogens is 330 g/mol. The standard InChI is InChI=1S/C16H14ClN5O2/c1-9-7-13(15(23)19-12-6-4-3-5-11(12)17)20-16(18-9)21-14-8-10(2)24-22-14/h3-8H,1-2H3,(H,19,23)(H,18,20,21,22). The maximum atomic E-state index is 12.4. The van der Waals surface area contributed by atoms with E-state index in [-0.39, 0.29) is 17.5 Å². The van der Waals surface area contributed by atoms with Crippen molar-refractivity contribution < 1.29 is 9.32 Å². The molecule has 8 heteroatoms. The Kier molecular flexibility index (Phi) is 4.43. The fourth-order valence-corrected chi connectivity index (χ4v) is 2.21. The summed E-state index contributed by atoms with van der Waals surface area (Å²) in [5.41, 5.74) is 1.37. The van der Waals surface area contributed by atoms with Gasteiger partial charge in [-0.25, -0.2) is 9.97 Å². The van der Waals surface area contributed by atoms with Crippen molar-refractivity contribution in [2.45, 2.75) is 13.8 Å². The summed E-state index contributed by atoms with van der Waals surface area (Å²) in [6.45, 7) is 3.55. The molecule has 24 heavy (non-hydrogen) atoms. The summed E-state index contributed by atoms with van der Waals surface area (Å²) in [6, 6.07) is 10.3. The number of benzene rings is 1. The zero-order valence-corrected chi connectivity index (χ0v) is 13.8. The van der Waals surface area contributed by atoms with Gasteiger partial charge >= 0.3 is 0 Å². The third-order valence-electron chi connectivity index (χ3n) is 3.08. The lowest BCUT2D eigenvalue weighted by Crippen LogP contribution is -2.15. The molecule has 1 amide bonds. The molecule has 0 radical (unpaired) electrons. The maximum absolute atomic E-state index is 12.4. The molecular formula is C16H14ClN5O2. The van der Waals surface area contributed by atoms with Crippen LogP contribution < -0.4 is 10.6 Å². The quantitative estimate of drug-likeness (QED) is 0.749. The number of hydrogen-bond acceptors (Lipinski definition) is 6. The molecule has 0 saturated heterocycles. The van der Waals surface area contributed by atoms with Crippen molar-refractivity contribution in [2.24, 2.45) is 0 Å². The second-order valence-electron chi connectivity index (χ2n) is 5.10. The van der Waals surface area contributed by atoms with E-state index in [4.69, 9.17) is 16.1 Å². The molecule has 0 unspecified atom stereocenters. The third-order valence-corrected chi connectivity index (χ3v) is 3.41. The number of halogens is 1. The van der Waals surface area contributed by atoms with Crippen molar-refractivity contribution in [3.63, 3.8) is 0 Å². The molecule has 0 aliphatic heterocycles. The van der Waals surface area contributed by atoms with Crippen LogP contribution in [0.2, 0.25) is 5.02 Å². The van der Waals surface area contributed by atoms with Crippen LogP contribution >= 0.6 is 11.6 Å². The SMILES string of the molecule is Cc1cc(C(=O)Nc2ccccc2Cl)nc(Nc2cc(C)on2)n1. The highest BCUT2D eigenvalue weighted by Gasteiger charge is 2.13. The highest BCUT2D eigenvalue weighted by Crippen LogP contribution is 2.21. The minimum Gasteiger partial charge on any atom is -0.360 e. The van der Waals surface area contributed by atoms with Gasteiger partial charge in [0.05, 0.1) is 10.7 Å². The fourth-order valence-electron chi connectivity index (χ4n) is 2.03. The van der Waals surface area contributed by atoms with Crippen LogP contribution in [0.25, 0.3) is 0 Å². The van der Waals surface area contributed by atoms with E-state index in [1.54, 1.807) is 50.2 Å². The van der Waals surface area contributed by atoms with E-state index < -0.39 is 0 Å². The monoisotopic (exact) mass is 343 g/mol. The largest absolute Gasteiger partial charge is 0.360 e. The minimum absolute atomic E-state index is 0.213. The van der Waals surface area contributed by atoms with Crippen LogP contribution in [0.3, 0.4) is 0 Å². The summed E-state index contributed by atoms with van der Waals surface area (Å²) in [5.74, 6) is 0.998. The van der Waals surface area contributed by atoms with Crippen LogP contribution in [0.15, 0.2) is 40.9 Å². The number of hydrogen-bond donors (Lipinski definition) is 2. The number of aromatic nitrogens is 3. The molecule has 1 aromatic carbocycles. The van der Waals surface area contributed by atoms with Crippen LogP contribution in [-0.4, -0.2) is 21.0 Å². The van der Waals surface area contributed by atoms with E-state index >= 15 is 0 Å². The first-order valence-corrected chi connectivity index (χ1v) is 7.51. The molecule has 2 aromatic heterocycles. The van der Waals surface area contributed by atoms with Crippen LogP contribution in [0.1, 0.15) is 21.9 Å². The minimum atomic E-state index is -0.381. The molecule has 0 bridgehead atoms. The van der Waals surface area contributed by atoms with E-state index in [0.717, 1.165) is 0 Å². The van der Waals surface area contributed by atoms with Gasteiger partial charge < -0.3 is 15.2 Å². The van der Waals surface area contributed by atoms with Gasteiger partial charge in [0, 0.05) is 11.8 Å². The average molecular weight is 344 g/mol. The second-order valence-corrected chi connectivity index (χ2v) is 5.51. The molecule has 0 saturated carbocycles. The number of carbonyl (C=O) groups is 1. The Morgan fingerprint density at radius 3 is 2.67 bits per heavy atom. The number of para-hydroxylation sites is 1. The summed E-state index contributed by atoms with van der Waals surface area (Å²) in [6.07, 6.45) is 0. The Labute approximate surface area is 143 Å². The Morgan fingerprint density at radius 1 is 1.17 bits per heavy atom. The van der Waals surface area contributed by atoms with Crippen LogP contribution in [0.4, 0.5) is 17.5 Å². The zero-order valence-electron chi connectivity index (χ0n) is 13.0. The average Bonchev–Trinajstić information content (AvgIpc) is 2.94. The van der Waals surface area contributed by atoms with Gasteiger partial charge in [0.1, 0.15) is 11.5 Å². The number of nitrogens with one attached hydrogen (secondary N) is 2. The van der Waals surface area contributed by atoms with Crippen molar-refractivity contribution in [3.8, 4) is 0 Å². The molecule has 3 aromatic rings. The van der Waals surface area contributed by atoms with Crippen LogP contribution in [0.5, 0.6) is 0 Å². The number of amides is 1. The molecule has 122 valence electrons. The van der Waals surface area contributed by atoms with Gasteiger partial charge in [-0.3, -0.25) is 4.79 Å². The third kappa shape index (κ3) is 3.69. The Morgan fingerprint density at radius 2 is 1.96 bits per heavy atom. The van der Waals surface area contributed by atoms with Crippen LogP contribution in [0, 0.1) is 13.8 Å². The molecule has 2 heterocycles. The molecule has 3 rings (SSSR count). The van der Waals surface area contributed by atoms with E-state index in [0.29, 0.717) is 28.0 Å². The van der Waals surface area contributed by atoms with Gasteiger partial charge in [0.25, 0.3) is 5.91 Å². The Bertz CT molecular complexity index is 894. The first kappa shape index (κ1) is 15.9. The van der Waals surface area contributed by atoms with Gasteiger partial charge in [-0.2, -0.15) is 0 Å². The van der Waals surface area contributed by atoms with Crippen molar-refractivity contribution in [1.29, 1.82) is 0 Å². The summed E-state index contributed by atoms with van der Waals surface area (Å²) in [7, 11) is 0. The summed E-state index contributed by atoms with van der Waals surface area (Å²) >= 11 is 6.05. The number of rotatable bonds is 4. The van der Waals surface area contributed by atoms with E-state index in [2.05, 4.69) is 25.8 Å². The molecule has 0 atom stereocenters. The van der Waals surface area contributed by atoms with Gasteiger partial charge in [0.2, 0.25) is 5.95 Å². The normalized spacial score (nSPS) is 10.5. The number of aryl methyl sites for hydroxylation is 2. The highest BCUT2D eigenvalue weighted by atomic mass is 35.5. The van der Waals surface area contributed by atoms with E-state index in [9.17, 15) is 4.79 Å². The molecule has 7 nitrogen and oxygen atoms in total.